The number of ether oxygens (including phenoxy) is 2. The molecular weight excluding hydrogens is 260 g/mol. The molecule has 0 radical (unpaired) electrons. The van der Waals surface area contributed by atoms with E-state index in [0.29, 0.717) is 26.3 Å². The van der Waals surface area contributed by atoms with Crippen molar-refractivity contribution < 1.29 is 28.2 Å². The standard InChI is InChI=1S/C12H13F2NO4/c13-12(14)19-10-6-8(5-9(16)7-10)11(17)15-1-3-18-4-2-15/h5-7,12,16H,1-4H2. The zero-order chi connectivity index (χ0) is 13.8. The largest absolute Gasteiger partial charge is 0.508 e. The molecular formula is C12H13F2NO4. The summed E-state index contributed by atoms with van der Waals surface area (Å²) in [5, 5.41) is 9.43. The Labute approximate surface area is 108 Å². The third kappa shape index (κ3) is 3.54. The van der Waals surface area contributed by atoms with Crippen LogP contribution < -0.4 is 4.74 Å². The molecule has 0 saturated carbocycles. The van der Waals surface area contributed by atoms with Crippen LogP contribution in [0.25, 0.3) is 0 Å². The Morgan fingerprint density at radius 2 is 2.00 bits per heavy atom. The Balaban J connectivity index is 2.18. The van der Waals surface area contributed by atoms with Crippen LogP contribution in [-0.2, 0) is 4.74 Å². The number of alkyl halides is 2. The predicted octanol–water partition coefficient (Wildman–Crippen LogP) is 1.47. The van der Waals surface area contributed by atoms with Gasteiger partial charge in [0.2, 0.25) is 0 Å². The highest BCUT2D eigenvalue weighted by molar-refractivity contribution is 5.95. The highest BCUT2D eigenvalue weighted by atomic mass is 19.3. The molecule has 2 rings (SSSR count). The molecule has 0 unspecified atom stereocenters. The fraction of sp³-hybridized carbons (Fsp3) is 0.417. The second-order valence-electron chi connectivity index (χ2n) is 4.00. The highest BCUT2D eigenvalue weighted by Gasteiger charge is 2.20. The van der Waals surface area contributed by atoms with Gasteiger partial charge in [-0.2, -0.15) is 8.78 Å². The SMILES string of the molecule is O=C(c1cc(O)cc(OC(F)F)c1)N1CCOCC1. The first-order valence-corrected chi connectivity index (χ1v) is 5.72. The van der Waals surface area contributed by atoms with Gasteiger partial charge < -0.3 is 19.5 Å². The molecule has 1 aromatic carbocycles. The molecule has 1 amide bonds. The van der Waals surface area contributed by atoms with E-state index in [1.54, 1.807) is 0 Å². The molecule has 1 fully saturated rings. The smallest absolute Gasteiger partial charge is 0.387 e. The van der Waals surface area contributed by atoms with E-state index in [-0.39, 0.29) is 23.0 Å². The van der Waals surface area contributed by atoms with Gasteiger partial charge in [0.1, 0.15) is 11.5 Å². The van der Waals surface area contributed by atoms with Crippen LogP contribution in [0.1, 0.15) is 10.4 Å². The molecule has 1 aliphatic heterocycles. The van der Waals surface area contributed by atoms with Crippen molar-refractivity contribution in [2.45, 2.75) is 6.61 Å². The van der Waals surface area contributed by atoms with Crippen molar-refractivity contribution >= 4 is 5.91 Å². The monoisotopic (exact) mass is 273 g/mol. The number of hydrogen-bond acceptors (Lipinski definition) is 4. The summed E-state index contributed by atoms with van der Waals surface area (Å²) in [5.74, 6) is -0.889. The number of benzene rings is 1. The molecule has 0 bridgehead atoms. The number of phenolic OH excluding ortho intramolecular Hbond substituents is 1. The quantitative estimate of drug-likeness (QED) is 0.906. The number of aromatic hydroxyl groups is 1. The fourth-order valence-corrected chi connectivity index (χ4v) is 1.83. The number of nitrogens with zero attached hydrogens (tertiary/aromatic N) is 1. The van der Waals surface area contributed by atoms with Gasteiger partial charge in [-0.3, -0.25) is 4.79 Å². The molecule has 1 N–H and O–H groups in total. The van der Waals surface area contributed by atoms with Gasteiger partial charge in [-0.05, 0) is 12.1 Å². The molecule has 1 aromatic rings. The van der Waals surface area contributed by atoms with E-state index in [1.807, 2.05) is 0 Å². The lowest BCUT2D eigenvalue weighted by molar-refractivity contribution is -0.0499. The zero-order valence-electron chi connectivity index (χ0n) is 10.0. The molecule has 1 heterocycles. The minimum Gasteiger partial charge on any atom is -0.508 e. The molecule has 0 aromatic heterocycles. The molecule has 0 spiro atoms. The number of carbonyl (C=O) groups is 1. The van der Waals surface area contributed by atoms with Crippen molar-refractivity contribution in [1.82, 2.24) is 4.90 Å². The Bertz CT molecular complexity index is 461. The fourth-order valence-electron chi connectivity index (χ4n) is 1.83. The summed E-state index contributed by atoms with van der Waals surface area (Å²) in [6, 6.07) is 3.43. The maximum absolute atomic E-state index is 12.1. The normalized spacial score (nSPS) is 15.6. The maximum Gasteiger partial charge on any atom is 0.387 e. The second-order valence-corrected chi connectivity index (χ2v) is 4.00. The molecule has 5 nitrogen and oxygen atoms in total. The Morgan fingerprint density at radius 1 is 1.32 bits per heavy atom. The third-order valence-electron chi connectivity index (χ3n) is 2.66. The van der Waals surface area contributed by atoms with Crippen LogP contribution >= 0.6 is 0 Å². The number of rotatable bonds is 3. The minimum absolute atomic E-state index is 0.109. The molecule has 1 saturated heterocycles. The number of carbonyl (C=O) groups excluding carboxylic acids is 1. The first-order chi connectivity index (χ1) is 9.06. The zero-order valence-corrected chi connectivity index (χ0v) is 10.0. The summed E-state index contributed by atoms with van der Waals surface area (Å²) in [6.45, 7) is -1.28. The number of halogens is 2. The lowest BCUT2D eigenvalue weighted by Gasteiger charge is -2.27. The van der Waals surface area contributed by atoms with Crippen molar-refractivity contribution in [1.29, 1.82) is 0 Å². The average Bonchev–Trinajstić information content (AvgIpc) is 2.37. The molecule has 1 aliphatic rings. The van der Waals surface area contributed by atoms with Crippen molar-refractivity contribution in [2.75, 3.05) is 26.3 Å². The predicted molar refractivity (Wildman–Crippen MR) is 61.5 cm³/mol. The van der Waals surface area contributed by atoms with Crippen LogP contribution in [0.3, 0.4) is 0 Å². The Morgan fingerprint density at radius 3 is 2.63 bits per heavy atom. The molecule has 0 aliphatic carbocycles. The van der Waals surface area contributed by atoms with E-state index in [4.69, 9.17) is 4.74 Å². The van der Waals surface area contributed by atoms with Crippen LogP contribution in [0, 0.1) is 0 Å². The third-order valence-corrected chi connectivity index (χ3v) is 2.66. The molecule has 19 heavy (non-hydrogen) atoms. The van der Waals surface area contributed by atoms with Crippen molar-refractivity contribution in [3.05, 3.63) is 23.8 Å². The van der Waals surface area contributed by atoms with Crippen LogP contribution in [0.2, 0.25) is 0 Å². The van der Waals surface area contributed by atoms with Gasteiger partial charge >= 0.3 is 6.61 Å². The van der Waals surface area contributed by atoms with Crippen molar-refractivity contribution in [3.63, 3.8) is 0 Å². The van der Waals surface area contributed by atoms with E-state index in [2.05, 4.69) is 4.74 Å². The average molecular weight is 273 g/mol. The van der Waals surface area contributed by atoms with Crippen LogP contribution in [-0.4, -0.2) is 48.8 Å². The first-order valence-electron chi connectivity index (χ1n) is 5.72. The highest BCUT2D eigenvalue weighted by Crippen LogP contribution is 2.24. The Hall–Kier alpha value is -1.89. The molecule has 0 atom stereocenters. The van der Waals surface area contributed by atoms with Crippen LogP contribution in [0.4, 0.5) is 8.78 Å². The second kappa shape index (κ2) is 5.83. The summed E-state index contributed by atoms with van der Waals surface area (Å²) in [4.78, 5) is 13.6. The summed E-state index contributed by atoms with van der Waals surface area (Å²) in [5.41, 5.74) is 0.109. The van der Waals surface area contributed by atoms with Gasteiger partial charge in [-0.25, -0.2) is 0 Å². The number of phenols is 1. The number of amides is 1. The van der Waals surface area contributed by atoms with Gasteiger partial charge in [0.25, 0.3) is 5.91 Å². The minimum atomic E-state index is -3.01. The van der Waals surface area contributed by atoms with Gasteiger partial charge in [-0.1, -0.05) is 0 Å². The number of hydrogen-bond donors (Lipinski definition) is 1. The molecule has 7 heteroatoms. The number of morpholine rings is 1. The van der Waals surface area contributed by atoms with Crippen molar-refractivity contribution in [2.24, 2.45) is 0 Å². The van der Waals surface area contributed by atoms with E-state index < -0.39 is 6.61 Å². The first kappa shape index (κ1) is 13.5. The molecule has 104 valence electrons. The topological polar surface area (TPSA) is 59.0 Å². The van der Waals surface area contributed by atoms with Crippen LogP contribution in [0.15, 0.2) is 18.2 Å². The van der Waals surface area contributed by atoms with E-state index in [9.17, 15) is 18.7 Å². The van der Waals surface area contributed by atoms with E-state index in [1.165, 1.54) is 17.0 Å². The van der Waals surface area contributed by atoms with Gasteiger partial charge in [-0.15, -0.1) is 0 Å². The van der Waals surface area contributed by atoms with Gasteiger partial charge in [0.15, 0.2) is 0 Å². The van der Waals surface area contributed by atoms with Gasteiger partial charge in [0, 0.05) is 24.7 Å². The van der Waals surface area contributed by atoms with Gasteiger partial charge in [0.05, 0.1) is 13.2 Å². The lowest BCUT2D eigenvalue weighted by atomic mass is 10.1. The van der Waals surface area contributed by atoms with Crippen LogP contribution in [0.5, 0.6) is 11.5 Å². The van der Waals surface area contributed by atoms with E-state index >= 15 is 0 Å². The summed E-state index contributed by atoms with van der Waals surface area (Å²) in [7, 11) is 0. The summed E-state index contributed by atoms with van der Waals surface area (Å²) in [6.07, 6.45) is 0. The summed E-state index contributed by atoms with van der Waals surface area (Å²) < 4.78 is 33.6. The van der Waals surface area contributed by atoms with E-state index in [0.717, 1.165) is 6.07 Å². The maximum atomic E-state index is 12.1. The van der Waals surface area contributed by atoms with Crippen molar-refractivity contribution in [3.8, 4) is 11.5 Å². The Kier molecular flexibility index (Phi) is 4.16. The lowest BCUT2D eigenvalue weighted by Crippen LogP contribution is -2.40. The summed E-state index contributed by atoms with van der Waals surface area (Å²) >= 11 is 0.